The molecule has 222 valence electrons. The molecule has 0 aromatic heterocycles. The summed E-state index contributed by atoms with van der Waals surface area (Å²) in [6.45, 7) is 39.2. The first-order valence-electron chi connectivity index (χ1n) is 12.9. The number of hydrogen-bond donors (Lipinski definition) is 0. The highest BCUT2D eigenvalue weighted by atomic mass is 16.4. The molecule has 0 aliphatic rings. The van der Waals surface area contributed by atoms with Crippen molar-refractivity contribution in [3.05, 3.63) is 0 Å². The van der Waals surface area contributed by atoms with Crippen LogP contribution < -0.4 is 0 Å². The van der Waals surface area contributed by atoms with E-state index in [2.05, 4.69) is 4.74 Å². The Labute approximate surface area is 220 Å². The van der Waals surface area contributed by atoms with Crippen molar-refractivity contribution in [3.8, 4) is 0 Å². The van der Waals surface area contributed by atoms with Crippen LogP contribution in [-0.2, 0) is 28.7 Å². The fraction of sp³-hybridized carbons (Fsp3) is 0.821. The maximum atomic E-state index is 8.81. The van der Waals surface area contributed by atoms with Crippen LogP contribution >= 0.6 is 0 Å². The molecule has 0 fully saturated rings. The van der Waals surface area contributed by atoms with Crippen molar-refractivity contribution in [2.24, 2.45) is 0 Å². The first-order valence-corrected chi connectivity index (χ1v) is 12.9. The van der Waals surface area contributed by atoms with Gasteiger partial charge >= 0.3 is 0 Å². The second kappa shape index (κ2) is 1550. The molecule has 0 aromatic carbocycles. The minimum absolute atomic E-state index is 0.750. The van der Waals surface area contributed by atoms with Crippen LogP contribution in [0.4, 0.5) is 0 Å². The van der Waals surface area contributed by atoms with Crippen molar-refractivity contribution in [1.29, 1.82) is 0 Å². The Morgan fingerprint density at radius 2 is 0.294 bits per heavy atom. The van der Waals surface area contributed by atoms with Gasteiger partial charge in [0.2, 0.25) is 0 Å². The van der Waals surface area contributed by atoms with Gasteiger partial charge < -0.3 is 28.7 Å². The van der Waals surface area contributed by atoms with Gasteiger partial charge in [0.1, 0.15) is 31.4 Å². The van der Waals surface area contributed by atoms with Crippen LogP contribution in [0.3, 0.4) is 0 Å². The number of carbonyl (C=O) groups excluding carboxylic acids is 5. The number of methoxy groups -OCH3 is 1. The monoisotopic (exact) mass is 507 g/mol. The summed E-state index contributed by atoms with van der Waals surface area (Å²) in [4.78, 5) is 44.0. The second-order valence-corrected chi connectivity index (χ2v) is 1.59. The van der Waals surface area contributed by atoms with Gasteiger partial charge in [0, 0.05) is 14.2 Å². The van der Waals surface area contributed by atoms with Gasteiger partial charge in [-0.15, -0.1) is 0 Å². The molecular weight excluding hydrogens is 432 g/mol. The third kappa shape index (κ3) is 9120. The third-order valence-corrected chi connectivity index (χ3v) is 0. The smallest absolute Gasteiger partial charge is 0.116 e. The SMILES string of the molecule is CC.CC.CC.CC.CC.CC.CC.CC.CC=O.CC=O.CC=O.CC=O.CC=O.COC. The summed E-state index contributed by atoms with van der Waals surface area (Å²) in [5.74, 6) is 0. The Balaban J connectivity index is -0.0000000106. The molecule has 0 aliphatic heterocycles. The highest BCUT2D eigenvalue weighted by Gasteiger charge is 1.26. The quantitative estimate of drug-likeness (QED) is 0.303. The second-order valence-electron chi connectivity index (χ2n) is 1.59. The van der Waals surface area contributed by atoms with Gasteiger partial charge in [0.05, 0.1) is 0 Å². The Morgan fingerprint density at radius 3 is 0.294 bits per heavy atom. The first kappa shape index (κ1) is 94.5. The number of rotatable bonds is 0. The van der Waals surface area contributed by atoms with Crippen LogP contribution in [0.1, 0.15) is 145 Å². The lowest BCUT2D eigenvalue weighted by molar-refractivity contribution is -0.106. The number of ether oxygens (including phenoxy) is 1. The topological polar surface area (TPSA) is 94.6 Å². The summed E-state index contributed by atoms with van der Waals surface area (Å²) in [6, 6.07) is 0. The molecule has 6 heteroatoms. The fourth-order valence-corrected chi connectivity index (χ4v) is 0. The molecule has 6 nitrogen and oxygen atoms in total. The first-order chi connectivity index (χ1) is 16.5. The van der Waals surface area contributed by atoms with Gasteiger partial charge in [0.15, 0.2) is 0 Å². The maximum absolute atomic E-state index is 8.81. The summed E-state index contributed by atoms with van der Waals surface area (Å²) in [6.07, 6.45) is 3.75. The number of aldehydes is 5. The van der Waals surface area contributed by atoms with Crippen molar-refractivity contribution < 1.29 is 28.7 Å². The molecule has 0 aliphatic carbocycles. The van der Waals surface area contributed by atoms with Crippen molar-refractivity contribution in [2.75, 3.05) is 14.2 Å². The normalized spacial score (nSPS) is 3.85. The standard InChI is InChI=1S/C2H6O.5C2H4O.8C2H6/c1-3-2;5*1-2-3;8*1-2/h1-2H3;5*2H,1H3;8*1-2H3. The van der Waals surface area contributed by atoms with E-state index in [-0.39, 0.29) is 0 Å². The predicted octanol–water partition coefficient (Wildman–Crippen LogP) is 9.50. The summed E-state index contributed by atoms with van der Waals surface area (Å²) < 4.78 is 4.25. The fourth-order valence-electron chi connectivity index (χ4n) is 0. The number of carbonyl (C=O) groups is 5. The van der Waals surface area contributed by atoms with E-state index in [0.29, 0.717) is 0 Å². The Kier molecular flexibility index (Phi) is 4300. The molecule has 0 N–H and O–H groups in total. The molecule has 0 saturated heterocycles. The van der Waals surface area contributed by atoms with Gasteiger partial charge in [-0.05, 0) is 34.6 Å². The van der Waals surface area contributed by atoms with Crippen LogP contribution in [0.5, 0.6) is 0 Å². The van der Waals surface area contributed by atoms with Crippen LogP contribution in [0.15, 0.2) is 0 Å². The molecule has 0 atom stereocenters. The minimum Gasteiger partial charge on any atom is -0.388 e. The molecular formula is C28H74O6. The van der Waals surface area contributed by atoms with Gasteiger partial charge in [0.25, 0.3) is 0 Å². The molecule has 0 bridgehead atoms. The molecule has 0 unspecified atom stereocenters. The van der Waals surface area contributed by atoms with E-state index >= 15 is 0 Å². The average Bonchev–Trinajstić information content (AvgIpc) is 2.91. The highest BCUT2D eigenvalue weighted by Crippen LogP contribution is 1.28. The lowest BCUT2D eigenvalue weighted by atomic mass is 11.0. The Bertz CT molecular complexity index is 106. The van der Waals surface area contributed by atoms with E-state index in [0.717, 1.165) is 31.4 Å². The molecule has 0 radical (unpaired) electrons. The lowest BCUT2D eigenvalue weighted by Gasteiger charge is -1.61. The van der Waals surface area contributed by atoms with Crippen molar-refractivity contribution in [3.63, 3.8) is 0 Å². The molecule has 0 amide bonds. The van der Waals surface area contributed by atoms with Crippen molar-refractivity contribution in [1.82, 2.24) is 0 Å². The minimum atomic E-state index is 0.750. The molecule has 0 heterocycles. The van der Waals surface area contributed by atoms with E-state index in [9.17, 15) is 0 Å². The third-order valence-electron chi connectivity index (χ3n) is 0. The largest absolute Gasteiger partial charge is 0.388 e. The molecule has 0 spiro atoms. The zero-order chi connectivity index (χ0) is 32.2. The zero-order valence-electron chi connectivity index (χ0n) is 28.3. The van der Waals surface area contributed by atoms with Gasteiger partial charge in [-0.1, -0.05) is 111 Å². The van der Waals surface area contributed by atoms with E-state index in [1.807, 2.05) is 111 Å². The van der Waals surface area contributed by atoms with E-state index in [4.69, 9.17) is 24.0 Å². The van der Waals surface area contributed by atoms with E-state index in [1.54, 1.807) is 14.2 Å². The Morgan fingerprint density at radius 1 is 0.294 bits per heavy atom. The van der Waals surface area contributed by atoms with Crippen LogP contribution in [0, 0.1) is 0 Å². The van der Waals surface area contributed by atoms with E-state index in [1.165, 1.54) is 34.6 Å². The highest BCUT2D eigenvalue weighted by molar-refractivity contribution is 5.45. The number of hydrogen-bond acceptors (Lipinski definition) is 6. The van der Waals surface area contributed by atoms with Crippen LogP contribution in [-0.4, -0.2) is 45.7 Å². The summed E-state index contributed by atoms with van der Waals surface area (Å²) in [5.41, 5.74) is 0. The van der Waals surface area contributed by atoms with Crippen LogP contribution in [0.25, 0.3) is 0 Å². The maximum Gasteiger partial charge on any atom is 0.116 e. The summed E-state index contributed by atoms with van der Waals surface area (Å²) in [7, 11) is 3.25. The molecule has 0 aromatic rings. The molecule has 0 rings (SSSR count). The van der Waals surface area contributed by atoms with Gasteiger partial charge in [-0.25, -0.2) is 0 Å². The van der Waals surface area contributed by atoms with Crippen LogP contribution in [0.2, 0.25) is 0 Å². The molecule has 0 saturated carbocycles. The van der Waals surface area contributed by atoms with Gasteiger partial charge in [-0.2, -0.15) is 0 Å². The average molecular weight is 507 g/mol. The summed E-state index contributed by atoms with van der Waals surface area (Å²) in [5, 5.41) is 0. The van der Waals surface area contributed by atoms with Crippen molar-refractivity contribution >= 4 is 31.4 Å². The predicted molar refractivity (Wildman–Crippen MR) is 162 cm³/mol. The van der Waals surface area contributed by atoms with E-state index < -0.39 is 0 Å². The Hall–Kier alpha value is -1.69. The molecule has 34 heavy (non-hydrogen) atoms. The van der Waals surface area contributed by atoms with Crippen molar-refractivity contribution in [2.45, 2.75) is 145 Å². The summed E-state index contributed by atoms with van der Waals surface area (Å²) >= 11 is 0. The lowest BCUT2D eigenvalue weighted by Crippen LogP contribution is -1.55. The van der Waals surface area contributed by atoms with Gasteiger partial charge in [-0.3, -0.25) is 0 Å². The zero-order valence-corrected chi connectivity index (χ0v) is 28.3.